The molecule has 1 aromatic rings. The van der Waals surface area contributed by atoms with Crippen molar-refractivity contribution in [2.45, 2.75) is 6.92 Å². The summed E-state index contributed by atoms with van der Waals surface area (Å²) >= 11 is 0. The number of rotatable bonds is 2. The summed E-state index contributed by atoms with van der Waals surface area (Å²) in [6.07, 6.45) is 0. The zero-order valence-corrected chi connectivity index (χ0v) is 6.70. The average molecular weight is 160 g/mol. The summed E-state index contributed by atoms with van der Waals surface area (Å²) in [6, 6.07) is 8.79. The molecule has 0 aliphatic carbocycles. The Bertz CT molecular complexity index is 332. The first kappa shape index (κ1) is 8.44. The zero-order chi connectivity index (χ0) is 8.97. The smallest absolute Gasteiger partial charge is 0.171 e. The van der Waals surface area contributed by atoms with Crippen molar-refractivity contribution < 1.29 is 9.59 Å². The molecule has 0 radical (unpaired) electrons. The molecule has 0 saturated carbocycles. The minimum absolute atomic E-state index is 0.107. The number of carbonyl (C=O) groups excluding carboxylic acids is 2. The molecule has 12 heavy (non-hydrogen) atoms. The fourth-order valence-electron chi connectivity index (χ4n) is 0.939. The summed E-state index contributed by atoms with van der Waals surface area (Å²) in [4.78, 5) is 21.2. The maximum atomic E-state index is 10.9. The van der Waals surface area contributed by atoms with Gasteiger partial charge in [0.2, 0.25) is 0 Å². The van der Waals surface area contributed by atoms with Crippen molar-refractivity contribution in [2.75, 3.05) is 0 Å². The van der Waals surface area contributed by atoms with Crippen LogP contribution in [-0.2, 0) is 9.59 Å². The Labute approximate surface area is 70.5 Å². The number of Topliss-reactive ketones (excluding diaryl/α,β-unsaturated/α-hetero) is 1. The standard InChI is InChI=1S/C10H8O2/c1-8(12)10(7-11)9-5-3-2-4-6-9/h2-6H,1H3. The highest BCUT2D eigenvalue weighted by molar-refractivity contribution is 6.27. The van der Waals surface area contributed by atoms with Gasteiger partial charge in [-0.25, -0.2) is 4.79 Å². The Kier molecular flexibility index (Phi) is 2.57. The maximum absolute atomic E-state index is 10.9. The Morgan fingerprint density at radius 2 is 1.83 bits per heavy atom. The Morgan fingerprint density at radius 1 is 1.25 bits per heavy atom. The lowest BCUT2D eigenvalue weighted by Crippen LogP contribution is -1.95. The predicted octanol–water partition coefficient (Wildman–Crippen LogP) is 1.49. The average Bonchev–Trinajstić information content (AvgIpc) is 2.07. The van der Waals surface area contributed by atoms with Crippen LogP contribution in [0.1, 0.15) is 12.5 Å². The van der Waals surface area contributed by atoms with E-state index in [9.17, 15) is 9.59 Å². The summed E-state index contributed by atoms with van der Waals surface area (Å²) in [5.74, 6) is 1.38. The van der Waals surface area contributed by atoms with Gasteiger partial charge >= 0.3 is 0 Å². The normalized spacial score (nSPS) is 8.75. The third-order valence-electron chi connectivity index (χ3n) is 1.52. The van der Waals surface area contributed by atoms with Gasteiger partial charge in [-0.3, -0.25) is 4.79 Å². The molecule has 0 aromatic heterocycles. The molecule has 0 amide bonds. The fourth-order valence-corrected chi connectivity index (χ4v) is 0.939. The van der Waals surface area contributed by atoms with E-state index in [4.69, 9.17) is 0 Å². The quantitative estimate of drug-likeness (QED) is 0.485. The molecule has 0 aliphatic heterocycles. The van der Waals surface area contributed by atoms with Crippen molar-refractivity contribution >= 4 is 17.3 Å². The molecule has 0 fully saturated rings. The van der Waals surface area contributed by atoms with E-state index in [0.717, 1.165) is 0 Å². The van der Waals surface area contributed by atoms with Crippen LogP contribution in [0.2, 0.25) is 0 Å². The van der Waals surface area contributed by atoms with Crippen LogP contribution in [0.25, 0.3) is 5.57 Å². The predicted molar refractivity (Wildman–Crippen MR) is 46.2 cm³/mol. The first-order valence-electron chi connectivity index (χ1n) is 3.57. The number of hydrogen-bond acceptors (Lipinski definition) is 2. The van der Waals surface area contributed by atoms with Gasteiger partial charge in [0.25, 0.3) is 0 Å². The number of benzene rings is 1. The van der Waals surface area contributed by atoms with Crippen LogP contribution in [0.5, 0.6) is 0 Å². The first-order chi connectivity index (χ1) is 5.75. The van der Waals surface area contributed by atoms with E-state index in [1.165, 1.54) is 6.92 Å². The molecule has 2 nitrogen and oxygen atoms in total. The summed E-state index contributed by atoms with van der Waals surface area (Å²) in [5.41, 5.74) is 0.732. The highest BCUT2D eigenvalue weighted by atomic mass is 16.1. The van der Waals surface area contributed by atoms with E-state index < -0.39 is 0 Å². The third kappa shape index (κ3) is 1.68. The van der Waals surface area contributed by atoms with E-state index in [0.29, 0.717) is 5.56 Å². The Hall–Kier alpha value is -1.66. The van der Waals surface area contributed by atoms with Gasteiger partial charge in [-0.05, 0) is 12.5 Å². The van der Waals surface area contributed by atoms with Gasteiger partial charge in [-0.15, -0.1) is 0 Å². The molecule has 1 aromatic carbocycles. The van der Waals surface area contributed by atoms with Gasteiger partial charge in [0.05, 0.1) is 0 Å². The SMILES string of the molecule is CC(=O)C(=C=O)c1ccccc1. The van der Waals surface area contributed by atoms with E-state index in [2.05, 4.69) is 0 Å². The molecule has 0 atom stereocenters. The second kappa shape index (κ2) is 3.65. The summed E-state index contributed by atoms with van der Waals surface area (Å²) in [6.45, 7) is 1.35. The topological polar surface area (TPSA) is 34.1 Å². The lowest BCUT2D eigenvalue weighted by Gasteiger charge is -1.96. The molecule has 0 heterocycles. The molecule has 2 heteroatoms. The van der Waals surface area contributed by atoms with Crippen LogP contribution in [0.3, 0.4) is 0 Å². The molecule has 60 valence electrons. The Morgan fingerprint density at radius 3 is 2.25 bits per heavy atom. The van der Waals surface area contributed by atoms with Crippen LogP contribution in [0, 0.1) is 0 Å². The molecule has 0 unspecified atom stereocenters. The van der Waals surface area contributed by atoms with Crippen molar-refractivity contribution in [1.82, 2.24) is 0 Å². The zero-order valence-electron chi connectivity index (χ0n) is 6.70. The minimum Gasteiger partial charge on any atom is -0.294 e. The van der Waals surface area contributed by atoms with Crippen LogP contribution < -0.4 is 0 Å². The fraction of sp³-hybridized carbons (Fsp3) is 0.100. The van der Waals surface area contributed by atoms with Gasteiger partial charge < -0.3 is 0 Å². The summed E-state index contributed by atoms with van der Waals surface area (Å²) in [5, 5.41) is 0. The molecule has 0 spiro atoms. The minimum atomic E-state index is -0.254. The Balaban J connectivity index is 3.14. The monoisotopic (exact) mass is 160 g/mol. The number of carbonyl (C=O) groups is 1. The molecule has 0 aliphatic rings. The largest absolute Gasteiger partial charge is 0.294 e. The highest BCUT2D eigenvalue weighted by Gasteiger charge is 2.06. The van der Waals surface area contributed by atoms with Gasteiger partial charge in [-0.2, -0.15) is 0 Å². The van der Waals surface area contributed by atoms with E-state index in [1.54, 1.807) is 30.2 Å². The molecule has 0 N–H and O–H groups in total. The molecular weight excluding hydrogens is 152 g/mol. The van der Waals surface area contributed by atoms with Crippen molar-refractivity contribution in [3.8, 4) is 0 Å². The van der Waals surface area contributed by atoms with Crippen molar-refractivity contribution in [2.24, 2.45) is 0 Å². The van der Waals surface area contributed by atoms with Crippen molar-refractivity contribution in [3.05, 3.63) is 35.9 Å². The van der Waals surface area contributed by atoms with Crippen LogP contribution in [0.15, 0.2) is 30.3 Å². The van der Waals surface area contributed by atoms with Gasteiger partial charge in [-0.1, -0.05) is 30.3 Å². The van der Waals surface area contributed by atoms with Crippen molar-refractivity contribution in [1.29, 1.82) is 0 Å². The highest BCUT2D eigenvalue weighted by Crippen LogP contribution is 2.10. The summed E-state index contributed by atoms with van der Waals surface area (Å²) in [7, 11) is 0. The molecule has 0 saturated heterocycles. The second-order valence-corrected chi connectivity index (χ2v) is 2.40. The van der Waals surface area contributed by atoms with Crippen LogP contribution >= 0.6 is 0 Å². The van der Waals surface area contributed by atoms with Crippen molar-refractivity contribution in [3.63, 3.8) is 0 Å². The number of hydrogen-bond donors (Lipinski definition) is 0. The van der Waals surface area contributed by atoms with Gasteiger partial charge in [0, 0.05) is 0 Å². The van der Waals surface area contributed by atoms with Gasteiger partial charge in [0.15, 0.2) is 5.78 Å². The molecule has 1 rings (SSSR count). The van der Waals surface area contributed by atoms with E-state index in [1.807, 2.05) is 6.07 Å². The first-order valence-corrected chi connectivity index (χ1v) is 3.57. The second-order valence-electron chi connectivity index (χ2n) is 2.40. The third-order valence-corrected chi connectivity index (χ3v) is 1.52. The van der Waals surface area contributed by atoms with E-state index in [-0.39, 0.29) is 11.4 Å². The van der Waals surface area contributed by atoms with Crippen LogP contribution in [-0.4, -0.2) is 11.7 Å². The summed E-state index contributed by atoms with van der Waals surface area (Å²) < 4.78 is 0. The molecule has 0 bridgehead atoms. The number of ketones is 1. The number of allylic oxidation sites excluding steroid dienone is 1. The lowest BCUT2D eigenvalue weighted by atomic mass is 10.1. The van der Waals surface area contributed by atoms with E-state index >= 15 is 0 Å². The van der Waals surface area contributed by atoms with Gasteiger partial charge in [0.1, 0.15) is 11.5 Å². The molecular formula is C10H8O2. The maximum Gasteiger partial charge on any atom is 0.171 e. The lowest BCUT2D eigenvalue weighted by molar-refractivity contribution is -0.111. The van der Waals surface area contributed by atoms with Crippen LogP contribution in [0.4, 0.5) is 0 Å².